The third-order valence-corrected chi connectivity index (χ3v) is 7.93. The summed E-state index contributed by atoms with van der Waals surface area (Å²) in [6.07, 6.45) is 1.73. The number of carbonyl (C=O) groups excluding carboxylic acids is 1. The first-order chi connectivity index (χ1) is 15.4. The van der Waals surface area contributed by atoms with E-state index in [-0.39, 0.29) is 10.8 Å². The predicted octanol–water partition coefficient (Wildman–Crippen LogP) is 3.28. The van der Waals surface area contributed by atoms with Crippen LogP contribution in [0.5, 0.6) is 0 Å². The largest absolute Gasteiger partial charge is 0.417 e. The predicted molar refractivity (Wildman–Crippen MR) is 120 cm³/mol. The molecule has 0 aliphatic carbocycles. The first kappa shape index (κ1) is 20.6. The van der Waals surface area contributed by atoms with Gasteiger partial charge in [-0.25, -0.2) is 18.2 Å². The van der Waals surface area contributed by atoms with Crippen LogP contribution in [0.1, 0.15) is 23.2 Å². The first-order valence-corrected chi connectivity index (χ1v) is 12.2. The minimum absolute atomic E-state index is 0.180. The molecule has 2 aromatic heterocycles. The van der Waals surface area contributed by atoms with E-state index in [4.69, 9.17) is 4.42 Å². The lowest BCUT2D eigenvalue weighted by Crippen LogP contribution is -2.27. The zero-order valence-corrected chi connectivity index (χ0v) is 18.3. The van der Waals surface area contributed by atoms with Crippen molar-refractivity contribution in [3.05, 3.63) is 64.0 Å². The molecule has 0 radical (unpaired) electrons. The molecule has 1 saturated heterocycles. The molecular formula is C21H18N4O5S2. The van der Waals surface area contributed by atoms with Gasteiger partial charge in [0.15, 0.2) is 10.7 Å². The van der Waals surface area contributed by atoms with E-state index in [1.807, 2.05) is 0 Å². The zero-order chi connectivity index (χ0) is 22.3. The van der Waals surface area contributed by atoms with E-state index in [2.05, 4.69) is 15.3 Å². The lowest BCUT2D eigenvalue weighted by atomic mass is 10.1. The Labute approximate surface area is 186 Å². The molecule has 0 bridgehead atoms. The second-order valence-electron chi connectivity index (χ2n) is 7.35. The average molecular weight is 471 g/mol. The van der Waals surface area contributed by atoms with E-state index in [0.717, 1.165) is 18.4 Å². The number of fused-ring (bicyclic) bond motifs is 1. The molecule has 0 spiro atoms. The smallest absolute Gasteiger partial charge is 0.408 e. The maximum Gasteiger partial charge on any atom is 0.417 e. The lowest BCUT2D eigenvalue weighted by molar-refractivity contribution is 0.102. The van der Waals surface area contributed by atoms with Crippen molar-refractivity contribution >= 4 is 43.5 Å². The fraction of sp³-hybridized carbons (Fsp3) is 0.190. The summed E-state index contributed by atoms with van der Waals surface area (Å²) >= 11 is 1.26. The van der Waals surface area contributed by atoms with Crippen molar-refractivity contribution in [2.45, 2.75) is 17.7 Å². The quantitative estimate of drug-likeness (QED) is 0.461. The summed E-state index contributed by atoms with van der Waals surface area (Å²) in [6.45, 7) is 1.06. The molecule has 2 aromatic carbocycles. The van der Waals surface area contributed by atoms with E-state index in [1.165, 1.54) is 39.9 Å². The molecule has 4 aromatic rings. The average Bonchev–Trinajstić information content (AvgIpc) is 3.53. The van der Waals surface area contributed by atoms with Gasteiger partial charge in [0.05, 0.1) is 16.1 Å². The Bertz CT molecular complexity index is 1460. The number of carbonyl (C=O) groups is 1. The SMILES string of the molecule is O=C(Nc1nc(-c2ccc3[nH]c(=O)oc3c2)cs1)c1ccc(S(=O)(=O)N2CCCC2)cc1. The minimum atomic E-state index is -3.52. The highest BCUT2D eigenvalue weighted by molar-refractivity contribution is 7.89. The van der Waals surface area contributed by atoms with Crippen LogP contribution in [0.15, 0.2) is 62.0 Å². The van der Waals surface area contributed by atoms with Crippen molar-refractivity contribution < 1.29 is 17.6 Å². The van der Waals surface area contributed by atoms with Crippen LogP contribution < -0.4 is 11.1 Å². The third-order valence-electron chi connectivity index (χ3n) is 5.26. The van der Waals surface area contributed by atoms with Gasteiger partial charge in [-0.2, -0.15) is 4.31 Å². The molecule has 164 valence electrons. The van der Waals surface area contributed by atoms with E-state index in [0.29, 0.717) is 40.6 Å². The second kappa shape index (κ2) is 8.01. The number of benzene rings is 2. The summed E-state index contributed by atoms with van der Waals surface area (Å²) in [7, 11) is -3.52. The van der Waals surface area contributed by atoms with Crippen LogP contribution in [0.25, 0.3) is 22.4 Å². The van der Waals surface area contributed by atoms with Gasteiger partial charge in [0.25, 0.3) is 5.91 Å². The van der Waals surface area contributed by atoms with Crippen molar-refractivity contribution in [2.75, 3.05) is 18.4 Å². The maximum absolute atomic E-state index is 12.6. The number of sulfonamides is 1. The molecule has 1 aliphatic heterocycles. The summed E-state index contributed by atoms with van der Waals surface area (Å²) < 4.78 is 31.8. The summed E-state index contributed by atoms with van der Waals surface area (Å²) in [6, 6.07) is 11.1. The number of thiazole rings is 1. The maximum atomic E-state index is 12.6. The number of aromatic nitrogens is 2. The molecule has 1 aliphatic rings. The van der Waals surface area contributed by atoms with E-state index in [9.17, 15) is 18.0 Å². The highest BCUT2D eigenvalue weighted by atomic mass is 32.2. The molecular weight excluding hydrogens is 452 g/mol. The Hall–Kier alpha value is -3.28. The number of hydrogen-bond acceptors (Lipinski definition) is 7. The fourth-order valence-corrected chi connectivity index (χ4v) is 5.83. The Kier molecular flexibility index (Phi) is 5.16. The number of anilines is 1. The van der Waals surface area contributed by atoms with E-state index in [1.54, 1.807) is 23.6 Å². The Morgan fingerprint density at radius 1 is 1.12 bits per heavy atom. The normalized spacial score (nSPS) is 14.8. The molecule has 0 atom stereocenters. The van der Waals surface area contributed by atoms with Crippen molar-refractivity contribution in [3.63, 3.8) is 0 Å². The highest BCUT2D eigenvalue weighted by Gasteiger charge is 2.27. The molecule has 3 heterocycles. The van der Waals surface area contributed by atoms with Gasteiger partial charge in [0.2, 0.25) is 10.0 Å². The van der Waals surface area contributed by atoms with Crippen molar-refractivity contribution in [3.8, 4) is 11.3 Å². The van der Waals surface area contributed by atoms with E-state index >= 15 is 0 Å². The Morgan fingerprint density at radius 3 is 2.62 bits per heavy atom. The van der Waals surface area contributed by atoms with Crippen LogP contribution >= 0.6 is 11.3 Å². The monoisotopic (exact) mass is 470 g/mol. The van der Waals surface area contributed by atoms with Gasteiger partial charge in [0, 0.05) is 29.6 Å². The zero-order valence-electron chi connectivity index (χ0n) is 16.7. The number of H-pyrrole nitrogens is 1. The van der Waals surface area contributed by atoms with Crippen LogP contribution in [-0.4, -0.2) is 41.7 Å². The molecule has 1 amide bonds. The molecule has 0 saturated carbocycles. The molecule has 0 unspecified atom stereocenters. The number of amides is 1. The number of oxazole rings is 1. The number of nitrogens with one attached hydrogen (secondary N) is 2. The van der Waals surface area contributed by atoms with Crippen molar-refractivity contribution in [2.24, 2.45) is 0 Å². The summed E-state index contributed by atoms with van der Waals surface area (Å²) in [4.78, 5) is 31.1. The first-order valence-electron chi connectivity index (χ1n) is 9.90. The van der Waals surface area contributed by atoms with Crippen molar-refractivity contribution in [1.29, 1.82) is 0 Å². The van der Waals surface area contributed by atoms with Gasteiger partial charge in [0.1, 0.15) is 0 Å². The van der Waals surface area contributed by atoms with Crippen LogP contribution in [0.3, 0.4) is 0 Å². The molecule has 5 rings (SSSR count). The number of rotatable bonds is 5. The van der Waals surface area contributed by atoms with Crippen LogP contribution in [-0.2, 0) is 10.0 Å². The topological polar surface area (TPSA) is 125 Å². The Morgan fingerprint density at radius 2 is 1.88 bits per heavy atom. The summed E-state index contributed by atoms with van der Waals surface area (Å²) in [5, 5.41) is 4.91. The van der Waals surface area contributed by atoms with Crippen molar-refractivity contribution in [1.82, 2.24) is 14.3 Å². The fourth-order valence-electron chi connectivity index (χ4n) is 3.59. The second-order valence-corrected chi connectivity index (χ2v) is 10.1. The number of hydrogen-bond donors (Lipinski definition) is 2. The van der Waals surface area contributed by atoms with Gasteiger partial charge in [-0.15, -0.1) is 11.3 Å². The molecule has 32 heavy (non-hydrogen) atoms. The highest BCUT2D eigenvalue weighted by Crippen LogP contribution is 2.27. The third kappa shape index (κ3) is 3.85. The van der Waals surface area contributed by atoms with Gasteiger partial charge in [-0.05, 0) is 49.2 Å². The molecule has 9 nitrogen and oxygen atoms in total. The summed E-state index contributed by atoms with van der Waals surface area (Å²) in [5.74, 6) is -0.911. The standard InChI is InChI=1S/C21H18N4O5S2/c26-19(13-3-6-15(7-4-13)32(28,29)25-9-1-2-10-25)24-20-22-17(12-31-20)14-5-8-16-18(11-14)30-21(27)23-16/h3-8,11-12H,1-2,9-10H2,(H,23,27)(H,22,24,26). The van der Waals surface area contributed by atoms with Gasteiger partial charge >= 0.3 is 5.76 Å². The van der Waals surface area contributed by atoms with E-state index < -0.39 is 15.8 Å². The Balaban J connectivity index is 1.31. The molecule has 2 N–H and O–H groups in total. The molecule has 11 heteroatoms. The molecule has 1 fully saturated rings. The lowest BCUT2D eigenvalue weighted by Gasteiger charge is -2.15. The van der Waals surface area contributed by atoms with Crippen LogP contribution in [0.2, 0.25) is 0 Å². The van der Waals surface area contributed by atoms with Crippen LogP contribution in [0, 0.1) is 0 Å². The van der Waals surface area contributed by atoms with Gasteiger partial charge in [-0.3, -0.25) is 15.1 Å². The van der Waals surface area contributed by atoms with Crippen LogP contribution in [0.4, 0.5) is 5.13 Å². The minimum Gasteiger partial charge on any atom is -0.408 e. The van der Waals surface area contributed by atoms with Gasteiger partial charge in [-0.1, -0.05) is 6.07 Å². The summed E-state index contributed by atoms with van der Waals surface area (Å²) in [5.41, 5.74) is 2.72. The van der Waals surface area contributed by atoms with Gasteiger partial charge < -0.3 is 4.42 Å². The number of nitrogens with zero attached hydrogens (tertiary/aromatic N) is 2. The number of aromatic amines is 1.